The highest BCUT2D eigenvalue weighted by Gasteiger charge is 2.23. The summed E-state index contributed by atoms with van der Waals surface area (Å²) < 4.78 is 5.63. The lowest BCUT2D eigenvalue weighted by Gasteiger charge is -2.26. The molecule has 1 N–H and O–H groups in total. The number of benzene rings is 1. The van der Waals surface area contributed by atoms with Crippen molar-refractivity contribution in [3.05, 3.63) is 29.8 Å². The van der Waals surface area contributed by atoms with E-state index in [9.17, 15) is 9.59 Å². The SMILES string of the molecule is CCC(C)(C)NC(=O)C(C)Oc1ccccc1C(C)=O. The summed E-state index contributed by atoms with van der Waals surface area (Å²) in [5.41, 5.74) is 0.219. The van der Waals surface area contributed by atoms with Crippen LogP contribution in [0, 0.1) is 0 Å². The number of ketones is 1. The third-order valence-corrected chi connectivity index (χ3v) is 3.28. The molecule has 0 saturated heterocycles. The summed E-state index contributed by atoms with van der Waals surface area (Å²) >= 11 is 0. The highest BCUT2D eigenvalue weighted by Crippen LogP contribution is 2.20. The number of amides is 1. The monoisotopic (exact) mass is 277 g/mol. The van der Waals surface area contributed by atoms with E-state index in [2.05, 4.69) is 5.32 Å². The average Bonchev–Trinajstić information content (AvgIpc) is 2.38. The maximum atomic E-state index is 12.1. The van der Waals surface area contributed by atoms with Crippen molar-refractivity contribution in [2.24, 2.45) is 0 Å². The highest BCUT2D eigenvalue weighted by molar-refractivity contribution is 5.96. The molecule has 0 bridgehead atoms. The van der Waals surface area contributed by atoms with Crippen LogP contribution >= 0.6 is 0 Å². The van der Waals surface area contributed by atoms with Crippen LogP contribution in [0.4, 0.5) is 0 Å². The van der Waals surface area contributed by atoms with E-state index in [4.69, 9.17) is 4.74 Å². The van der Waals surface area contributed by atoms with Gasteiger partial charge in [-0.05, 0) is 46.2 Å². The third kappa shape index (κ3) is 4.37. The molecule has 1 unspecified atom stereocenters. The van der Waals surface area contributed by atoms with Crippen LogP contribution < -0.4 is 10.1 Å². The van der Waals surface area contributed by atoms with Crippen molar-refractivity contribution in [1.82, 2.24) is 5.32 Å². The van der Waals surface area contributed by atoms with Crippen molar-refractivity contribution in [3.8, 4) is 5.75 Å². The summed E-state index contributed by atoms with van der Waals surface area (Å²) in [6.45, 7) is 9.09. The Morgan fingerprint density at radius 2 is 1.90 bits per heavy atom. The van der Waals surface area contributed by atoms with Crippen LogP contribution in [0.3, 0.4) is 0 Å². The fourth-order valence-corrected chi connectivity index (χ4v) is 1.63. The van der Waals surface area contributed by atoms with Crippen LogP contribution in [0.2, 0.25) is 0 Å². The largest absolute Gasteiger partial charge is 0.480 e. The molecule has 0 fully saturated rings. The minimum absolute atomic E-state index is 0.0814. The number of carbonyl (C=O) groups is 2. The van der Waals surface area contributed by atoms with Crippen molar-refractivity contribution < 1.29 is 14.3 Å². The molecule has 0 spiro atoms. The number of Topliss-reactive ketones (excluding diaryl/α,β-unsaturated/α-hetero) is 1. The predicted octanol–water partition coefficient (Wildman–Crippen LogP) is 2.96. The molecule has 4 nitrogen and oxygen atoms in total. The Hall–Kier alpha value is -1.84. The molecular weight excluding hydrogens is 254 g/mol. The predicted molar refractivity (Wildman–Crippen MR) is 79.0 cm³/mol. The Morgan fingerprint density at radius 1 is 1.30 bits per heavy atom. The zero-order chi connectivity index (χ0) is 15.3. The van der Waals surface area contributed by atoms with Crippen LogP contribution in [0.5, 0.6) is 5.75 Å². The van der Waals surface area contributed by atoms with Gasteiger partial charge in [0, 0.05) is 5.54 Å². The van der Waals surface area contributed by atoms with Gasteiger partial charge in [-0.2, -0.15) is 0 Å². The van der Waals surface area contributed by atoms with E-state index in [1.165, 1.54) is 6.92 Å². The van der Waals surface area contributed by atoms with Gasteiger partial charge in [0.25, 0.3) is 5.91 Å². The van der Waals surface area contributed by atoms with Gasteiger partial charge in [-0.25, -0.2) is 0 Å². The van der Waals surface area contributed by atoms with Gasteiger partial charge < -0.3 is 10.1 Å². The first-order valence-corrected chi connectivity index (χ1v) is 6.85. The summed E-state index contributed by atoms with van der Waals surface area (Å²) in [6.07, 6.45) is 0.177. The average molecular weight is 277 g/mol. The molecular formula is C16H23NO3. The molecule has 0 aliphatic rings. The first kappa shape index (κ1) is 16.2. The smallest absolute Gasteiger partial charge is 0.261 e. The number of hydrogen-bond acceptors (Lipinski definition) is 3. The van der Waals surface area contributed by atoms with Crippen LogP contribution in [-0.4, -0.2) is 23.3 Å². The van der Waals surface area contributed by atoms with Crippen molar-refractivity contribution in [1.29, 1.82) is 0 Å². The number of rotatable bonds is 6. The molecule has 0 saturated carbocycles. The molecule has 0 heterocycles. The molecule has 0 aliphatic carbocycles. The maximum Gasteiger partial charge on any atom is 0.261 e. The van der Waals surface area contributed by atoms with E-state index in [1.54, 1.807) is 31.2 Å². The third-order valence-electron chi connectivity index (χ3n) is 3.28. The minimum atomic E-state index is -0.652. The topological polar surface area (TPSA) is 55.4 Å². The molecule has 1 aromatic carbocycles. The highest BCUT2D eigenvalue weighted by atomic mass is 16.5. The Balaban J connectivity index is 2.79. The zero-order valence-electron chi connectivity index (χ0n) is 12.8. The van der Waals surface area contributed by atoms with Gasteiger partial charge in [0.1, 0.15) is 5.75 Å². The van der Waals surface area contributed by atoms with Crippen LogP contribution in [0.15, 0.2) is 24.3 Å². The fraction of sp³-hybridized carbons (Fsp3) is 0.500. The maximum absolute atomic E-state index is 12.1. The molecule has 4 heteroatoms. The van der Waals surface area contributed by atoms with Crippen LogP contribution in [0.25, 0.3) is 0 Å². The summed E-state index contributed by atoms with van der Waals surface area (Å²) in [6, 6.07) is 6.95. The first-order chi connectivity index (χ1) is 9.26. The second kappa shape index (κ2) is 6.55. The second-order valence-electron chi connectivity index (χ2n) is 5.54. The van der Waals surface area contributed by atoms with Gasteiger partial charge >= 0.3 is 0 Å². The van der Waals surface area contributed by atoms with Crippen molar-refractivity contribution >= 4 is 11.7 Å². The number of nitrogens with one attached hydrogen (secondary N) is 1. The first-order valence-electron chi connectivity index (χ1n) is 6.85. The molecule has 0 radical (unpaired) electrons. The lowest BCUT2D eigenvalue weighted by atomic mass is 10.0. The Bertz CT molecular complexity index is 494. The van der Waals surface area contributed by atoms with E-state index in [0.717, 1.165) is 6.42 Å². The van der Waals surface area contributed by atoms with Gasteiger partial charge in [-0.3, -0.25) is 9.59 Å². The number of ether oxygens (including phenoxy) is 1. The number of para-hydroxylation sites is 1. The van der Waals surface area contributed by atoms with E-state index < -0.39 is 6.10 Å². The van der Waals surface area contributed by atoms with Gasteiger partial charge in [0.05, 0.1) is 5.56 Å². The molecule has 1 aromatic rings. The molecule has 110 valence electrons. The Morgan fingerprint density at radius 3 is 2.45 bits per heavy atom. The Labute approximate surface area is 120 Å². The molecule has 0 aromatic heterocycles. The zero-order valence-corrected chi connectivity index (χ0v) is 12.8. The molecule has 1 amide bonds. The number of carbonyl (C=O) groups excluding carboxylic acids is 2. The quantitative estimate of drug-likeness (QED) is 0.813. The van der Waals surface area contributed by atoms with Crippen LogP contribution in [-0.2, 0) is 4.79 Å². The lowest BCUT2D eigenvalue weighted by molar-refractivity contribution is -0.129. The van der Waals surface area contributed by atoms with Gasteiger partial charge in [-0.15, -0.1) is 0 Å². The standard InChI is InChI=1S/C16H23NO3/c1-6-16(4,5)17-15(19)12(3)20-14-10-8-7-9-13(14)11(2)18/h7-10,12H,6H2,1-5H3,(H,17,19). The molecule has 1 rings (SSSR count). The van der Waals surface area contributed by atoms with Crippen molar-refractivity contribution in [3.63, 3.8) is 0 Å². The van der Waals surface area contributed by atoms with E-state index in [1.807, 2.05) is 20.8 Å². The fourth-order valence-electron chi connectivity index (χ4n) is 1.63. The second-order valence-corrected chi connectivity index (χ2v) is 5.54. The summed E-state index contributed by atoms with van der Waals surface area (Å²) in [5, 5.41) is 2.93. The summed E-state index contributed by atoms with van der Waals surface area (Å²) in [7, 11) is 0. The summed E-state index contributed by atoms with van der Waals surface area (Å²) in [5.74, 6) is 0.175. The molecule has 20 heavy (non-hydrogen) atoms. The minimum Gasteiger partial charge on any atom is -0.480 e. The lowest BCUT2D eigenvalue weighted by Crippen LogP contribution is -2.48. The van der Waals surface area contributed by atoms with Crippen molar-refractivity contribution in [2.75, 3.05) is 0 Å². The molecule has 1 atom stereocenters. The van der Waals surface area contributed by atoms with Crippen molar-refractivity contribution in [2.45, 2.75) is 52.7 Å². The normalized spacial score (nSPS) is 12.7. The van der Waals surface area contributed by atoms with Gasteiger partial charge in [0.15, 0.2) is 11.9 Å². The van der Waals surface area contributed by atoms with E-state index in [0.29, 0.717) is 11.3 Å². The molecule has 0 aliphatic heterocycles. The summed E-state index contributed by atoms with van der Waals surface area (Å²) in [4.78, 5) is 23.6. The van der Waals surface area contributed by atoms with E-state index >= 15 is 0 Å². The Kier molecular flexibility index (Phi) is 5.31. The van der Waals surface area contributed by atoms with Gasteiger partial charge in [-0.1, -0.05) is 19.1 Å². The van der Waals surface area contributed by atoms with E-state index in [-0.39, 0.29) is 17.2 Å². The van der Waals surface area contributed by atoms with Gasteiger partial charge in [0.2, 0.25) is 0 Å². The van der Waals surface area contributed by atoms with Crippen LogP contribution in [0.1, 0.15) is 51.4 Å². The number of hydrogen-bond donors (Lipinski definition) is 1.